The number of rotatable bonds is 5. The second-order valence-electron chi connectivity index (χ2n) is 6.94. The van der Waals surface area contributed by atoms with Crippen LogP contribution < -0.4 is 5.32 Å². The van der Waals surface area contributed by atoms with Crippen molar-refractivity contribution in [3.05, 3.63) is 70.5 Å². The number of ether oxygens (including phenoxy) is 1. The highest BCUT2D eigenvalue weighted by Gasteiger charge is 2.24. The molecule has 152 valence electrons. The molecule has 3 rings (SSSR count). The molecule has 1 atom stereocenters. The molecule has 0 fully saturated rings. The second-order valence-corrected chi connectivity index (χ2v) is 6.94. The van der Waals surface area contributed by atoms with Crippen LogP contribution in [-0.4, -0.2) is 33.0 Å². The molecule has 2 aromatic carbocycles. The molecule has 1 amide bonds. The smallest absolute Gasteiger partial charge is 0.361 e. The van der Waals surface area contributed by atoms with Crippen LogP contribution in [0.1, 0.15) is 39.8 Å². The van der Waals surface area contributed by atoms with Gasteiger partial charge in [0.2, 0.25) is 0 Å². The lowest BCUT2D eigenvalue weighted by Gasteiger charge is -2.13. The first-order valence-electron chi connectivity index (χ1n) is 9.32. The average Bonchev–Trinajstić information content (AvgIpc) is 3.09. The van der Waals surface area contributed by atoms with Crippen LogP contribution in [0.25, 0.3) is 5.69 Å². The Labute approximate surface area is 174 Å². The van der Waals surface area contributed by atoms with E-state index in [2.05, 4.69) is 15.5 Å². The van der Waals surface area contributed by atoms with Crippen molar-refractivity contribution >= 4 is 17.6 Å². The highest BCUT2D eigenvalue weighted by Crippen LogP contribution is 2.16. The van der Waals surface area contributed by atoms with Crippen LogP contribution in [0.5, 0.6) is 0 Å². The quantitative estimate of drug-likeness (QED) is 0.655. The number of hydrogen-bond acceptors (Lipinski definition) is 6. The first-order chi connectivity index (χ1) is 14.3. The fraction of sp³-hybridized carbons (Fsp3) is 0.227. The molecule has 0 aliphatic heterocycles. The summed E-state index contributed by atoms with van der Waals surface area (Å²) in [7, 11) is 0. The minimum Gasteiger partial charge on any atom is -0.448 e. The fourth-order valence-electron chi connectivity index (χ4n) is 2.89. The molecular weight excluding hydrogens is 382 g/mol. The van der Waals surface area contributed by atoms with Gasteiger partial charge < -0.3 is 10.1 Å². The Kier molecular flexibility index (Phi) is 5.93. The molecule has 30 heavy (non-hydrogen) atoms. The highest BCUT2D eigenvalue weighted by atomic mass is 16.5. The highest BCUT2D eigenvalue weighted by molar-refractivity contribution is 5.97. The summed E-state index contributed by atoms with van der Waals surface area (Å²) in [4.78, 5) is 26.3. The minimum absolute atomic E-state index is 0.0427. The molecule has 0 aliphatic carbocycles. The maximum atomic E-state index is 12.6. The van der Waals surface area contributed by atoms with Gasteiger partial charge in [-0.25, -0.2) is 4.79 Å². The molecule has 0 saturated carbocycles. The normalized spacial score (nSPS) is 11.4. The van der Waals surface area contributed by atoms with Crippen molar-refractivity contribution in [1.29, 1.82) is 5.26 Å². The Morgan fingerprint density at radius 1 is 1.13 bits per heavy atom. The molecular formula is C22H21N5O3. The van der Waals surface area contributed by atoms with Crippen LogP contribution in [0, 0.1) is 32.1 Å². The van der Waals surface area contributed by atoms with Crippen LogP contribution in [-0.2, 0) is 9.53 Å². The summed E-state index contributed by atoms with van der Waals surface area (Å²) in [6.07, 6.45) is -1.06. The van der Waals surface area contributed by atoms with Gasteiger partial charge in [0.15, 0.2) is 11.8 Å². The second kappa shape index (κ2) is 8.57. The molecule has 8 nitrogen and oxygen atoms in total. The monoisotopic (exact) mass is 403 g/mol. The summed E-state index contributed by atoms with van der Waals surface area (Å²) in [5.41, 5.74) is 4.13. The van der Waals surface area contributed by atoms with E-state index in [1.165, 1.54) is 17.8 Å². The topological polar surface area (TPSA) is 110 Å². The van der Waals surface area contributed by atoms with Gasteiger partial charge in [-0.15, -0.1) is 5.10 Å². The number of aromatic nitrogens is 3. The van der Waals surface area contributed by atoms with E-state index in [9.17, 15) is 9.59 Å². The van der Waals surface area contributed by atoms with E-state index in [-0.39, 0.29) is 5.69 Å². The van der Waals surface area contributed by atoms with E-state index in [0.717, 1.165) is 16.8 Å². The first-order valence-corrected chi connectivity index (χ1v) is 9.32. The fourth-order valence-corrected chi connectivity index (χ4v) is 2.89. The van der Waals surface area contributed by atoms with Crippen LogP contribution >= 0.6 is 0 Å². The van der Waals surface area contributed by atoms with Gasteiger partial charge in [-0.05, 0) is 57.5 Å². The first kappa shape index (κ1) is 20.7. The molecule has 0 aliphatic rings. The van der Waals surface area contributed by atoms with Gasteiger partial charge in [-0.2, -0.15) is 15.2 Å². The molecule has 3 aromatic rings. The number of nitrogens with one attached hydrogen (secondary N) is 1. The zero-order valence-electron chi connectivity index (χ0n) is 17.1. The zero-order valence-corrected chi connectivity index (χ0v) is 17.1. The van der Waals surface area contributed by atoms with E-state index in [0.29, 0.717) is 16.9 Å². The molecule has 1 N–H and O–H groups in total. The minimum atomic E-state index is -1.06. The molecule has 1 heterocycles. The predicted molar refractivity (Wildman–Crippen MR) is 110 cm³/mol. The van der Waals surface area contributed by atoms with E-state index in [4.69, 9.17) is 10.00 Å². The Morgan fingerprint density at radius 3 is 2.60 bits per heavy atom. The van der Waals surface area contributed by atoms with E-state index in [1.54, 1.807) is 25.1 Å². The Bertz CT molecular complexity index is 1160. The van der Waals surface area contributed by atoms with E-state index < -0.39 is 18.0 Å². The van der Waals surface area contributed by atoms with Crippen molar-refractivity contribution in [1.82, 2.24) is 15.0 Å². The predicted octanol–water partition coefficient (Wildman–Crippen LogP) is 3.25. The molecule has 8 heteroatoms. The summed E-state index contributed by atoms with van der Waals surface area (Å²) in [5.74, 6) is -1.25. The molecule has 0 unspecified atom stereocenters. The third kappa shape index (κ3) is 4.52. The van der Waals surface area contributed by atoms with E-state index >= 15 is 0 Å². The number of nitrogens with zero attached hydrogens (tertiary/aromatic N) is 4. The maximum Gasteiger partial charge on any atom is 0.361 e. The van der Waals surface area contributed by atoms with Gasteiger partial charge in [0.25, 0.3) is 5.91 Å². The van der Waals surface area contributed by atoms with E-state index in [1.807, 2.05) is 38.1 Å². The van der Waals surface area contributed by atoms with Crippen LogP contribution in [0.3, 0.4) is 0 Å². The molecule has 0 saturated heterocycles. The van der Waals surface area contributed by atoms with Crippen molar-refractivity contribution in [3.8, 4) is 11.8 Å². The number of hydrogen-bond donors (Lipinski definition) is 1. The van der Waals surface area contributed by atoms with Crippen molar-refractivity contribution in [3.63, 3.8) is 0 Å². The van der Waals surface area contributed by atoms with Crippen LogP contribution in [0.2, 0.25) is 0 Å². The van der Waals surface area contributed by atoms with Crippen molar-refractivity contribution in [2.45, 2.75) is 33.8 Å². The maximum absolute atomic E-state index is 12.6. The van der Waals surface area contributed by atoms with Gasteiger partial charge in [0, 0.05) is 5.69 Å². The number of anilines is 1. The van der Waals surface area contributed by atoms with Crippen molar-refractivity contribution in [2.75, 3.05) is 5.32 Å². The summed E-state index contributed by atoms with van der Waals surface area (Å²) < 4.78 is 5.27. The number of amides is 1. The van der Waals surface area contributed by atoms with Gasteiger partial charge in [-0.3, -0.25) is 4.79 Å². The lowest BCUT2D eigenvalue weighted by atomic mass is 10.1. The van der Waals surface area contributed by atoms with Crippen molar-refractivity contribution < 1.29 is 14.3 Å². The Balaban J connectivity index is 1.71. The number of carbonyl (C=O) groups is 2. The number of aryl methyl sites for hydroxylation is 3. The standard InChI is InChI=1S/C22H21N5O3/c1-13-8-9-19(14(2)10-13)27-25-15(3)20(26-27)22(29)30-16(4)21(28)24-18-7-5-6-17(11-18)12-23/h5-11,16H,1-4H3,(H,24,28)/t16-/m0/s1. The number of benzene rings is 2. The third-order valence-electron chi connectivity index (χ3n) is 4.46. The average molecular weight is 403 g/mol. The number of nitriles is 1. The molecule has 0 spiro atoms. The molecule has 0 radical (unpaired) electrons. The number of carbonyl (C=O) groups excluding carboxylic acids is 2. The summed E-state index contributed by atoms with van der Waals surface area (Å²) in [5, 5.41) is 20.1. The van der Waals surface area contributed by atoms with Gasteiger partial charge >= 0.3 is 5.97 Å². The van der Waals surface area contributed by atoms with Crippen LogP contribution in [0.15, 0.2) is 42.5 Å². The largest absolute Gasteiger partial charge is 0.448 e. The van der Waals surface area contributed by atoms with Gasteiger partial charge in [0.1, 0.15) is 0 Å². The summed E-state index contributed by atoms with van der Waals surface area (Å²) in [6, 6.07) is 14.3. The zero-order chi connectivity index (χ0) is 21.8. The summed E-state index contributed by atoms with van der Waals surface area (Å²) >= 11 is 0. The van der Waals surface area contributed by atoms with Gasteiger partial charge in [-0.1, -0.05) is 23.8 Å². The lowest BCUT2D eigenvalue weighted by Crippen LogP contribution is -2.30. The van der Waals surface area contributed by atoms with Crippen molar-refractivity contribution in [2.24, 2.45) is 0 Å². The molecule has 1 aromatic heterocycles. The van der Waals surface area contributed by atoms with Gasteiger partial charge in [0.05, 0.1) is 23.0 Å². The lowest BCUT2D eigenvalue weighted by molar-refractivity contribution is -0.123. The third-order valence-corrected chi connectivity index (χ3v) is 4.46. The number of esters is 1. The molecule has 0 bridgehead atoms. The Hall–Kier alpha value is -3.99. The Morgan fingerprint density at radius 2 is 1.90 bits per heavy atom. The SMILES string of the molecule is Cc1ccc(-n2nc(C)c(C(=O)O[C@@H](C)C(=O)Nc3cccc(C#N)c3)n2)c(C)c1. The summed E-state index contributed by atoms with van der Waals surface area (Å²) in [6.45, 7) is 7.05. The van der Waals surface area contributed by atoms with Crippen LogP contribution in [0.4, 0.5) is 5.69 Å².